The summed E-state index contributed by atoms with van der Waals surface area (Å²) in [6.07, 6.45) is 1.41. The summed E-state index contributed by atoms with van der Waals surface area (Å²) in [5, 5.41) is 10.6. The molecule has 0 aliphatic heterocycles. The van der Waals surface area contributed by atoms with Crippen LogP contribution >= 0.6 is 22.6 Å². The first kappa shape index (κ1) is 14.5. The molecular weight excluding hydrogens is 347 g/mol. The van der Waals surface area contributed by atoms with Crippen molar-refractivity contribution in [3.8, 4) is 0 Å². The summed E-state index contributed by atoms with van der Waals surface area (Å²) >= 11 is 2.28. The van der Waals surface area contributed by atoms with Crippen molar-refractivity contribution in [2.75, 3.05) is 0 Å². The van der Waals surface area contributed by atoms with Crippen LogP contribution < -0.4 is 0 Å². The highest BCUT2D eigenvalue weighted by Crippen LogP contribution is 2.27. The van der Waals surface area contributed by atoms with Gasteiger partial charge in [0.05, 0.1) is 0 Å². The molecule has 0 radical (unpaired) electrons. The van der Waals surface area contributed by atoms with Crippen LogP contribution in [0, 0.1) is 3.57 Å². The van der Waals surface area contributed by atoms with Gasteiger partial charge >= 0.3 is 0 Å². The van der Waals surface area contributed by atoms with Gasteiger partial charge in [-0.15, -0.1) is 0 Å². The van der Waals surface area contributed by atoms with Crippen LogP contribution in [0.4, 0.5) is 0 Å². The summed E-state index contributed by atoms with van der Waals surface area (Å²) in [5.74, 6) is 0. The van der Waals surface area contributed by atoms with Gasteiger partial charge in [0.1, 0.15) is 6.10 Å². The van der Waals surface area contributed by atoms with Crippen molar-refractivity contribution in [2.24, 2.45) is 0 Å². The van der Waals surface area contributed by atoms with Crippen LogP contribution in [0.2, 0.25) is 0 Å². The molecule has 0 saturated carbocycles. The lowest BCUT2D eigenvalue weighted by Gasteiger charge is -2.17. The number of hydrogen-bond donors (Lipinski definition) is 1. The van der Waals surface area contributed by atoms with E-state index in [4.69, 9.17) is 0 Å². The molecule has 0 aliphatic rings. The number of halogens is 1. The lowest BCUT2D eigenvalue weighted by molar-refractivity contribution is 0.219. The number of benzene rings is 2. The van der Waals surface area contributed by atoms with Crippen LogP contribution in [0.15, 0.2) is 42.5 Å². The Hall–Kier alpha value is -0.870. The van der Waals surface area contributed by atoms with Crippen LogP contribution in [0.5, 0.6) is 0 Å². The Kier molecular flexibility index (Phi) is 4.99. The third-order valence-electron chi connectivity index (χ3n) is 3.48. The molecule has 0 amide bonds. The van der Waals surface area contributed by atoms with E-state index in [1.807, 2.05) is 24.3 Å². The molecule has 19 heavy (non-hydrogen) atoms. The van der Waals surface area contributed by atoms with Crippen molar-refractivity contribution in [3.05, 3.63) is 68.3 Å². The smallest absolute Gasteiger partial charge is 0.104 e. The Balaban J connectivity index is 2.41. The molecule has 2 aromatic rings. The average molecular weight is 366 g/mol. The van der Waals surface area contributed by atoms with Crippen molar-refractivity contribution in [1.29, 1.82) is 0 Å². The van der Waals surface area contributed by atoms with Crippen molar-refractivity contribution in [3.63, 3.8) is 0 Å². The number of aliphatic hydroxyl groups is 1. The Morgan fingerprint density at radius 2 is 1.68 bits per heavy atom. The lowest BCUT2D eigenvalue weighted by Crippen LogP contribution is -2.04. The van der Waals surface area contributed by atoms with E-state index in [1.54, 1.807) is 0 Å². The van der Waals surface area contributed by atoms with Gasteiger partial charge in [-0.2, -0.15) is 0 Å². The van der Waals surface area contributed by atoms with E-state index < -0.39 is 6.10 Å². The van der Waals surface area contributed by atoms with E-state index >= 15 is 0 Å². The fraction of sp³-hybridized carbons (Fsp3) is 0.294. The zero-order valence-electron chi connectivity index (χ0n) is 11.4. The molecule has 2 aromatic carbocycles. The van der Waals surface area contributed by atoms with Gasteiger partial charge in [-0.1, -0.05) is 44.2 Å². The highest BCUT2D eigenvalue weighted by atomic mass is 127. The Labute approximate surface area is 128 Å². The van der Waals surface area contributed by atoms with Gasteiger partial charge in [0.2, 0.25) is 0 Å². The predicted octanol–water partition coefficient (Wildman–Crippen LogP) is 4.50. The minimum absolute atomic E-state index is 0.529. The summed E-state index contributed by atoms with van der Waals surface area (Å²) in [6, 6.07) is 14.5. The van der Waals surface area contributed by atoms with E-state index in [0.29, 0.717) is 0 Å². The Morgan fingerprint density at radius 3 is 2.26 bits per heavy atom. The SMILES string of the molecule is CCc1ccc(CC)c(C(O)c2ccc(I)cc2)c1. The van der Waals surface area contributed by atoms with E-state index in [0.717, 1.165) is 24.0 Å². The monoisotopic (exact) mass is 366 g/mol. The molecule has 2 heteroatoms. The molecule has 0 saturated heterocycles. The topological polar surface area (TPSA) is 20.2 Å². The van der Waals surface area contributed by atoms with Gasteiger partial charge in [0.15, 0.2) is 0 Å². The summed E-state index contributed by atoms with van der Waals surface area (Å²) in [4.78, 5) is 0. The van der Waals surface area contributed by atoms with Crippen LogP contribution in [-0.2, 0) is 12.8 Å². The van der Waals surface area contributed by atoms with Crippen molar-refractivity contribution in [2.45, 2.75) is 32.8 Å². The summed E-state index contributed by atoms with van der Waals surface area (Å²) in [5.41, 5.74) is 4.51. The summed E-state index contributed by atoms with van der Waals surface area (Å²) in [6.45, 7) is 4.27. The van der Waals surface area contributed by atoms with Crippen LogP contribution in [0.25, 0.3) is 0 Å². The average Bonchev–Trinajstić information content (AvgIpc) is 2.46. The largest absolute Gasteiger partial charge is 0.384 e. The molecule has 1 atom stereocenters. The molecule has 1 N–H and O–H groups in total. The fourth-order valence-corrected chi connectivity index (χ4v) is 2.63. The van der Waals surface area contributed by atoms with Crippen molar-refractivity contribution < 1.29 is 5.11 Å². The zero-order chi connectivity index (χ0) is 13.8. The number of aliphatic hydroxyl groups excluding tert-OH is 1. The lowest BCUT2D eigenvalue weighted by atomic mass is 9.93. The zero-order valence-corrected chi connectivity index (χ0v) is 13.5. The summed E-state index contributed by atoms with van der Waals surface area (Å²) in [7, 11) is 0. The molecule has 0 aliphatic carbocycles. The highest BCUT2D eigenvalue weighted by molar-refractivity contribution is 14.1. The van der Waals surface area contributed by atoms with Gasteiger partial charge in [-0.3, -0.25) is 0 Å². The molecule has 0 fully saturated rings. The Bertz CT molecular complexity index is 546. The maximum atomic E-state index is 10.6. The van der Waals surface area contributed by atoms with Gasteiger partial charge in [0, 0.05) is 3.57 Å². The maximum absolute atomic E-state index is 10.6. The summed E-state index contributed by atoms with van der Waals surface area (Å²) < 4.78 is 1.19. The maximum Gasteiger partial charge on any atom is 0.104 e. The minimum Gasteiger partial charge on any atom is -0.384 e. The van der Waals surface area contributed by atoms with Crippen molar-refractivity contribution in [1.82, 2.24) is 0 Å². The first-order valence-electron chi connectivity index (χ1n) is 6.71. The standard InChI is InChI=1S/C17H19IO/c1-3-12-5-6-13(4-2)16(11-12)17(19)14-7-9-15(18)10-8-14/h5-11,17,19H,3-4H2,1-2H3. The second-order valence-electron chi connectivity index (χ2n) is 4.69. The number of hydrogen-bond acceptors (Lipinski definition) is 1. The van der Waals surface area contributed by atoms with Crippen LogP contribution in [-0.4, -0.2) is 5.11 Å². The fourth-order valence-electron chi connectivity index (χ4n) is 2.27. The molecule has 0 aromatic heterocycles. The first-order valence-corrected chi connectivity index (χ1v) is 7.78. The van der Waals surface area contributed by atoms with E-state index in [2.05, 4.69) is 54.6 Å². The third kappa shape index (κ3) is 3.37. The quantitative estimate of drug-likeness (QED) is 0.791. The van der Waals surface area contributed by atoms with Gasteiger partial charge in [-0.05, 0) is 69.8 Å². The number of rotatable bonds is 4. The van der Waals surface area contributed by atoms with E-state index in [1.165, 1.54) is 14.7 Å². The predicted molar refractivity (Wildman–Crippen MR) is 88.4 cm³/mol. The van der Waals surface area contributed by atoms with E-state index in [-0.39, 0.29) is 0 Å². The molecule has 0 spiro atoms. The molecule has 2 rings (SSSR count). The molecule has 0 heterocycles. The first-order chi connectivity index (χ1) is 9.15. The molecular formula is C17H19IO. The van der Waals surface area contributed by atoms with Gasteiger partial charge in [0.25, 0.3) is 0 Å². The second kappa shape index (κ2) is 6.53. The highest BCUT2D eigenvalue weighted by Gasteiger charge is 2.14. The molecule has 1 unspecified atom stereocenters. The van der Waals surface area contributed by atoms with E-state index in [9.17, 15) is 5.11 Å². The molecule has 0 bridgehead atoms. The van der Waals surface area contributed by atoms with Crippen molar-refractivity contribution >= 4 is 22.6 Å². The molecule has 1 nitrogen and oxygen atoms in total. The Morgan fingerprint density at radius 1 is 1.00 bits per heavy atom. The molecule has 100 valence electrons. The minimum atomic E-state index is -0.529. The normalized spacial score (nSPS) is 12.4. The second-order valence-corrected chi connectivity index (χ2v) is 5.94. The van der Waals surface area contributed by atoms with Gasteiger partial charge in [-0.25, -0.2) is 0 Å². The van der Waals surface area contributed by atoms with Crippen LogP contribution in [0.1, 0.15) is 42.2 Å². The van der Waals surface area contributed by atoms with Gasteiger partial charge < -0.3 is 5.11 Å². The number of aryl methyl sites for hydroxylation is 2. The third-order valence-corrected chi connectivity index (χ3v) is 4.20. The van der Waals surface area contributed by atoms with Crippen LogP contribution in [0.3, 0.4) is 0 Å².